The molecule has 7 heteroatoms. The third-order valence-corrected chi connectivity index (χ3v) is 0. The van der Waals surface area contributed by atoms with E-state index < -0.39 is 10.4 Å². The molecular formula is H4LiNaO4S. The Kier molecular flexibility index (Phi) is 12.6. The van der Waals surface area contributed by atoms with E-state index in [2.05, 4.69) is 0 Å². The molecule has 7 heavy (non-hydrogen) atoms. The Labute approximate surface area is 78.7 Å². The molecule has 0 unspecified atom stereocenters. The first-order chi connectivity index (χ1) is 2.00. The quantitative estimate of drug-likeness (QED) is 0.252. The van der Waals surface area contributed by atoms with Gasteiger partial charge in [0.2, 0.25) is 0 Å². The van der Waals surface area contributed by atoms with Gasteiger partial charge in [0.15, 0.2) is 0 Å². The molecule has 0 aromatic rings. The standard InChI is InChI=1S/Li.Na.H2O4S.2H/c;;1-5(2,3)4;;/h;;(H2,1,2,3,4);;/q2*+1;;2*-1. The van der Waals surface area contributed by atoms with Crippen LogP contribution in [0, 0.1) is 0 Å². The Morgan fingerprint density at radius 1 is 1.29 bits per heavy atom. The maximum atomic E-state index is 8.74. The monoisotopic (exact) mass is 130 g/mol. The van der Waals surface area contributed by atoms with Gasteiger partial charge in [0.1, 0.15) is 0 Å². The van der Waals surface area contributed by atoms with E-state index in [-0.39, 0.29) is 51.3 Å². The van der Waals surface area contributed by atoms with Gasteiger partial charge >= 0.3 is 58.8 Å². The van der Waals surface area contributed by atoms with Crippen molar-refractivity contribution in [3.05, 3.63) is 0 Å². The van der Waals surface area contributed by atoms with Crippen molar-refractivity contribution in [2.75, 3.05) is 0 Å². The predicted octanol–water partition coefficient (Wildman–Crippen LogP) is -6.42. The summed E-state index contributed by atoms with van der Waals surface area (Å²) in [5, 5.41) is 0. The number of hydrogen-bond acceptors (Lipinski definition) is 2. The third-order valence-electron chi connectivity index (χ3n) is 0. The van der Waals surface area contributed by atoms with Gasteiger partial charge in [-0.15, -0.1) is 0 Å². The number of rotatable bonds is 0. The van der Waals surface area contributed by atoms with Crippen LogP contribution in [0.25, 0.3) is 0 Å². The van der Waals surface area contributed by atoms with Crippen LogP contribution in [0.1, 0.15) is 2.85 Å². The van der Waals surface area contributed by atoms with Crippen LogP contribution in [-0.2, 0) is 10.4 Å². The first-order valence-electron chi connectivity index (χ1n) is 0.698. The average molecular weight is 130 g/mol. The average Bonchev–Trinajstić information content (AvgIpc) is 0.722. The topological polar surface area (TPSA) is 74.6 Å². The zero-order valence-electron chi connectivity index (χ0n) is 6.12. The van der Waals surface area contributed by atoms with Crippen LogP contribution in [0.2, 0.25) is 0 Å². The molecule has 0 bridgehead atoms. The van der Waals surface area contributed by atoms with Crippen molar-refractivity contribution in [2.24, 2.45) is 0 Å². The summed E-state index contributed by atoms with van der Waals surface area (Å²) in [6.07, 6.45) is 0. The normalized spacial score (nSPS) is 8.29. The van der Waals surface area contributed by atoms with Gasteiger partial charge in [0.05, 0.1) is 0 Å². The SMILES string of the molecule is O=S(=O)(O)O.[H-].[H-].[Li+].[Na+]. The summed E-state index contributed by atoms with van der Waals surface area (Å²) in [6.45, 7) is 0. The molecule has 0 aromatic heterocycles. The van der Waals surface area contributed by atoms with Crippen molar-refractivity contribution >= 4 is 10.4 Å². The van der Waals surface area contributed by atoms with E-state index in [9.17, 15) is 0 Å². The minimum atomic E-state index is -4.67. The summed E-state index contributed by atoms with van der Waals surface area (Å²) in [5.74, 6) is 0. The van der Waals surface area contributed by atoms with E-state index in [1.165, 1.54) is 0 Å². The van der Waals surface area contributed by atoms with Crippen LogP contribution < -0.4 is 48.4 Å². The van der Waals surface area contributed by atoms with Gasteiger partial charge in [-0.2, -0.15) is 8.42 Å². The summed E-state index contributed by atoms with van der Waals surface area (Å²) < 4.78 is 31.6. The van der Waals surface area contributed by atoms with Gasteiger partial charge < -0.3 is 2.85 Å². The second kappa shape index (κ2) is 5.60. The Bertz CT molecular complexity index is 102. The first-order valence-corrected chi connectivity index (χ1v) is 2.10. The Morgan fingerprint density at radius 2 is 1.29 bits per heavy atom. The van der Waals surface area contributed by atoms with E-state index >= 15 is 0 Å². The maximum absolute atomic E-state index is 8.74. The molecule has 0 aliphatic rings. The van der Waals surface area contributed by atoms with Crippen molar-refractivity contribution in [1.29, 1.82) is 0 Å². The van der Waals surface area contributed by atoms with Gasteiger partial charge in [0, 0.05) is 0 Å². The summed E-state index contributed by atoms with van der Waals surface area (Å²) in [6, 6.07) is 0. The van der Waals surface area contributed by atoms with Gasteiger partial charge in [-0.1, -0.05) is 0 Å². The Morgan fingerprint density at radius 3 is 1.29 bits per heavy atom. The maximum Gasteiger partial charge on any atom is 1.00 e. The molecule has 0 fully saturated rings. The second-order valence-corrected chi connectivity index (χ2v) is 1.34. The Hall–Kier alpha value is 1.47. The van der Waals surface area contributed by atoms with Crippen molar-refractivity contribution in [3.8, 4) is 0 Å². The molecule has 0 amide bonds. The van der Waals surface area contributed by atoms with Crippen LogP contribution in [0.4, 0.5) is 0 Å². The van der Waals surface area contributed by atoms with Crippen molar-refractivity contribution < 1.29 is 68.8 Å². The summed E-state index contributed by atoms with van der Waals surface area (Å²) in [7, 11) is -4.67. The number of hydrogen-bond donors (Lipinski definition) is 2. The van der Waals surface area contributed by atoms with Crippen LogP contribution in [0.3, 0.4) is 0 Å². The molecule has 4 nitrogen and oxygen atoms in total. The molecule has 0 heterocycles. The van der Waals surface area contributed by atoms with Crippen LogP contribution in [0.5, 0.6) is 0 Å². The molecule has 36 valence electrons. The van der Waals surface area contributed by atoms with Gasteiger partial charge in [-0.3, -0.25) is 9.11 Å². The van der Waals surface area contributed by atoms with E-state index in [1.807, 2.05) is 0 Å². The molecule has 2 N–H and O–H groups in total. The minimum absolute atomic E-state index is 0. The predicted molar refractivity (Wildman–Crippen MR) is 16.4 cm³/mol. The molecule has 0 saturated carbocycles. The van der Waals surface area contributed by atoms with Gasteiger partial charge in [0.25, 0.3) is 0 Å². The second-order valence-electron chi connectivity index (χ2n) is 0.448. The molecule has 0 rings (SSSR count). The fourth-order valence-corrected chi connectivity index (χ4v) is 0. The van der Waals surface area contributed by atoms with E-state index in [1.54, 1.807) is 0 Å². The molecule has 0 spiro atoms. The fourth-order valence-electron chi connectivity index (χ4n) is 0. The molecule has 0 atom stereocenters. The molecule has 0 saturated heterocycles. The molecular weight excluding hydrogens is 126 g/mol. The molecule has 0 radical (unpaired) electrons. The molecule has 0 aromatic carbocycles. The largest absolute Gasteiger partial charge is 1.00 e. The zero-order chi connectivity index (χ0) is 4.50. The first kappa shape index (κ1) is 15.8. The summed E-state index contributed by atoms with van der Waals surface area (Å²) in [4.78, 5) is 0. The van der Waals surface area contributed by atoms with Gasteiger partial charge in [-0.05, 0) is 0 Å². The minimum Gasteiger partial charge on any atom is -1.00 e. The van der Waals surface area contributed by atoms with Crippen LogP contribution in [0.15, 0.2) is 0 Å². The fraction of sp³-hybridized carbons (Fsp3) is 0. The summed E-state index contributed by atoms with van der Waals surface area (Å²) in [5.41, 5.74) is 0. The Balaban J connectivity index is -0.0000000133. The molecule has 0 aliphatic carbocycles. The third kappa shape index (κ3) is 104. The summed E-state index contributed by atoms with van der Waals surface area (Å²) >= 11 is 0. The van der Waals surface area contributed by atoms with Crippen molar-refractivity contribution in [1.82, 2.24) is 0 Å². The van der Waals surface area contributed by atoms with Crippen LogP contribution >= 0.6 is 0 Å². The van der Waals surface area contributed by atoms with Crippen LogP contribution in [-0.4, -0.2) is 17.5 Å². The van der Waals surface area contributed by atoms with Gasteiger partial charge in [-0.25, -0.2) is 0 Å². The molecule has 0 aliphatic heterocycles. The van der Waals surface area contributed by atoms with E-state index in [4.69, 9.17) is 17.5 Å². The van der Waals surface area contributed by atoms with E-state index in [0.29, 0.717) is 0 Å². The van der Waals surface area contributed by atoms with Crippen molar-refractivity contribution in [3.63, 3.8) is 0 Å². The zero-order valence-corrected chi connectivity index (χ0v) is 6.94. The smallest absolute Gasteiger partial charge is 1.00 e. The van der Waals surface area contributed by atoms with E-state index in [0.717, 1.165) is 0 Å². The van der Waals surface area contributed by atoms with Crippen molar-refractivity contribution in [2.45, 2.75) is 0 Å².